The van der Waals surface area contributed by atoms with Gasteiger partial charge in [-0.05, 0) is 37.8 Å². The first-order chi connectivity index (χ1) is 12.6. The maximum Gasteiger partial charge on any atom is 0.336 e. The van der Waals surface area contributed by atoms with Gasteiger partial charge in [0.15, 0.2) is 0 Å². The van der Waals surface area contributed by atoms with E-state index >= 15 is 0 Å². The van der Waals surface area contributed by atoms with E-state index in [1.807, 2.05) is 52.8 Å². The highest BCUT2D eigenvalue weighted by Crippen LogP contribution is 2.48. The Balaban J connectivity index is 2.21. The number of carbonyl (C=O) groups excluding carboxylic acids is 2. The van der Waals surface area contributed by atoms with Gasteiger partial charge in [0.05, 0.1) is 17.6 Å². The number of hydrogen-bond donors (Lipinski definition) is 1. The molecule has 2 unspecified atom stereocenters. The van der Waals surface area contributed by atoms with Gasteiger partial charge in [-0.1, -0.05) is 49.7 Å². The van der Waals surface area contributed by atoms with Crippen molar-refractivity contribution in [2.75, 3.05) is 0 Å². The smallest absolute Gasteiger partial charge is 0.336 e. The van der Waals surface area contributed by atoms with Crippen LogP contribution in [0.2, 0.25) is 5.02 Å². The van der Waals surface area contributed by atoms with E-state index in [1.165, 1.54) is 0 Å². The van der Waals surface area contributed by atoms with E-state index in [2.05, 4.69) is 11.4 Å². The number of benzene rings is 1. The maximum absolute atomic E-state index is 13.1. The summed E-state index contributed by atoms with van der Waals surface area (Å²) in [5.74, 6) is -1.22. The van der Waals surface area contributed by atoms with Gasteiger partial charge in [0.25, 0.3) is 0 Å². The molecule has 1 aliphatic carbocycles. The summed E-state index contributed by atoms with van der Waals surface area (Å²) in [6.07, 6.45) is 2.29. The molecule has 1 N–H and O–H groups in total. The fourth-order valence-electron chi connectivity index (χ4n) is 4.08. The minimum absolute atomic E-state index is 0.109. The first kappa shape index (κ1) is 19.7. The van der Waals surface area contributed by atoms with Crippen LogP contribution in [0.3, 0.4) is 0 Å². The van der Waals surface area contributed by atoms with Gasteiger partial charge < -0.3 is 10.1 Å². The third-order valence-corrected chi connectivity index (χ3v) is 5.39. The van der Waals surface area contributed by atoms with E-state index in [9.17, 15) is 9.59 Å². The van der Waals surface area contributed by atoms with E-state index in [0.29, 0.717) is 22.7 Å². The molecule has 1 aromatic rings. The zero-order valence-electron chi connectivity index (χ0n) is 16.4. The molecule has 2 aliphatic rings. The highest BCUT2D eigenvalue weighted by molar-refractivity contribution is 6.31. The minimum Gasteiger partial charge on any atom is -0.460 e. The van der Waals surface area contributed by atoms with E-state index in [-0.39, 0.29) is 17.3 Å². The van der Waals surface area contributed by atoms with Crippen molar-refractivity contribution in [1.29, 1.82) is 0 Å². The van der Waals surface area contributed by atoms with Crippen LogP contribution in [0, 0.1) is 11.3 Å². The molecule has 0 bridgehead atoms. The fourth-order valence-corrected chi connectivity index (χ4v) is 4.33. The molecule has 0 saturated heterocycles. The van der Waals surface area contributed by atoms with Gasteiger partial charge in [-0.25, -0.2) is 4.79 Å². The molecule has 0 aromatic heterocycles. The molecule has 0 fully saturated rings. The summed E-state index contributed by atoms with van der Waals surface area (Å²) >= 11 is 6.49. The van der Waals surface area contributed by atoms with Crippen molar-refractivity contribution in [3.8, 4) is 0 Å². The van der Waals surface area contributed by atoms with Crippen LogP contribution in [-0.4, -0.2) is 17.9 Å². The Morgan fingerprint density at radius 1 is 1.26 bits per heavy atom. The molecular weight excluding hydrogens is 362 g/mol. The van der Waals surface area contributed by atoms with Crippen molar-refractivity contribution in [2.24, 2.45) is 11.3 Å². The largest absolute Gasteiger partial charge is 0.460 e. The number of ether oxygens (including phenoxy) is 1. The number of rotatable bonds is 3. The summed E-state index contributed by atoms with van der Waals surface area (Å²) < 4.78 is 5.50. The van der Waals surface area contributed by atoms with E-state index < -0.39 is 17.8 Å². The van der Waals surface area contributed by atoms with Crippen LogP contribution in [-0.2, 0) is 14.3 Å². The Bertz CT molecular complexity index is 851. The number of carbonyl (C=O) groups is 2. The van der Waals surface area contributed by atoms with Crippen molar-refractivity contribution in [2.45, 2.75) is 53.1 Å². The van der Waals surface area contributed by atoms with Crippen LogP contribution in [0.1, 0.15) is 52.5 Å². The predicted molar refractivity (Wildman–Crippen MR) is 106 cm³/mol. The van der Waals surface area contributed by atoms with Crippen molar-refractivity contribution in [3.63, 3.8) is 0 Å². The molecule has 0 radical (unpaired) electrons. The molecule has 4 nitrogen and oxygen atoms in total. The number of hydrogen-bond acceptors (Lipinski definition) is 4. The van der Waals surface area contributed by atoms with Crippen LogP contribution in [0.5, 0.6) is 0 Å². The fraction of sp³-hybridized carbons (Fsp3) is 0.455. The van der Waals surface area contributed by atoms with Gasteiger partial charge in [-0.3, -0.25) is 4.79 Å². The van der Waals surface area contributed by atoms with Gasteiger partial charge >= 0.3 is 5.97 Å². The molecule has 1 heterocycles. The quantitative estimate of drug-likeness (QED) is 0.760. The summed E-state index contributed by atoms with van der Waals surface area (Å²) in [6, 6.07) is 7.40. The van der Waals surface area contributed by atoms with Crippen LogP contribution in [0.25, 0.3) is 0 Å². The Morgan fingerprint density at radius 3 is 2.56 bits per heavy atom. The SMILES string of the molecule is CC1=C(C(=O)OC(C)C)C(c2ccccc2Cl)C2C(=O)CC(C)(C)C=C2N1. The van der Waals surface area contributed by atoms with E-state index in [4.69, 9.17) is 16.3 Å². The van der Waals surface area contributed by atoms with Gasteiger partial charge in [0.2, 0.25) is 0 Å². The van der Waals surface area contributed by atoms with Crippen LogP contribution in [0.4, 0.5) is 0 Å². The Labute approximate surface area is 165 Å². The zero-order valence-corrected chi connectivity index (χ0v) is 17.2. The van der Waals surface area contributed by atoms with Gasteiger partial charge in [-0.2, -0.15) is 0 Å². The number of fused-ring (bicyclic) bond motifs is 1. The monoisotopic (exact) mass is 387 g/mol. The first-order valence-electron chi connectivity index (χ1n) is 9.29. The highest BCUT2D eigenvalue weighted by Gasteiger charge is 2.46. The molecule has 144 valence electrons. The van der Waals surface area contributed by atoms with Crippen molar-refractivity contribution >= 4 is 23.4 Å². The molecule has 27 heavy (non-hydrogen) atoms. The van der Waals surface area contributed by atoms with Crippen molar-refractivity contribution in [1.82, 2.24) is 5.32 Å². The Kier molecular flexibility index (Phi) is 5.22. The summed E-state index contributed by atoms with van der Waals surface area (Å²) in [5, 5.41) is 3.85. The summed E-state index contributed by atoms with van der Waals surface area (Å²) in [7, 11) is 0. The normalized spacial score (nSPS) is 24.3. The van der Waals surface area contributed by atoms with Gasteiger partial charge in [-0.15, -0.1) is 0 Å². The van der Waals surface area contributed by atoms with Crippen molar-refractivity contribution < 1.29 is 14.3 Å². The Hall–Kier alpha value is -2.07. The predicted octanol–water partition coefficient (Wildman–Crippen LogP) is 4.75. The number of esters is 1. The minimum atomic E-state index is -0.462. The Morgan fingerprint density at radius 2 is 1.93 bits per heavy atom. The molecule has 5 heteroatoms. The third kappa shape index (κ3) is 3.81. The number of ketones is 1. The van der Waals surface area contributed by atoms with E-state index in [0.717, 1.165) is 11.3 Å². The zero-order chi connectivity index (χ0) is 19.9. The lowest BCUT2D eigenvalue weighted by Gasteiger charge is -2.41. The second-order valence-electron chi connectivity index (χ2n) is 8.33. The third-order valence-electron chi connectivity index (χ3n) is 5.04. The molecule has 0 amide bonds. The molecular formula is C22H26ClNO3. The van der Waals surface area contributed by atoms with E-state index in [1.54, 1.807) is 6.07 Å². The lowest BCUT2D eigenvalue weighted by atomic mass is 9.66. The molecule has 1 aliphatic heterocycles. The van der Waals surface area contributed by atoms with Crippen molar-refractivity contribution in [3.05, 3.63) is 57.9 Å². The lowest BCUT2D eigenvalue weighted by Crippen LogP contribution is -2.43. The maximum atomic E-state index is 13.1. The number of halogens is 1. The molecule has 1 aromatic carbocycles. The standard InChI is InChI=1S/C22H26ClNO3/c1-12(2)27-21(26)18-13(3)24-16-10-22(4,5)11-17(25)20(16)19(18)14-8-6-7-9-15(14)23/h6-10,12,19-20,24H,11H2,1-5H3. The van der Waals surface area contributed by atoms with Crippen LogP contribution < -0.4 is 5.32 Å². The summed E-state index contributed by atoms with van der Waals surface area (Å²) in [6.45, 7) is 9.57. The molecule has 0 saturated carbocycles. The lowest BCUT2D eigenvalue weighted by molar-refractivity contribution is -0.143. The second-order valence-corrected chi connectivity index (χ2v) is 8.73. The molecule has 3 rings (SSSR count). The van der Waals surface area contributed by atoms with Crippen LogP contribution >= 0.6 is 11.6 Å². The summed E-state index contributed by atoms with van der Waals surface area (Å²) in [4.78, 5) is 26.1. The number of allylic oxidation sites excluding steroid dienone is 3. The molecule has 0 spiro atoms. The van der Waals surface area contributed by atoms with Crippen LogP contribution in [0.15, 0.2) is 47.3 Å². The second kappa shape index (κ2) is 7.16. The molecule has 2 atom stereocenters. The number of nitrogens with one attached hydrogen (secondary N) is 1. The number of Topliss-reactive ketones (excluding diaryl/α,β-unsaturated/α-hetero) is 1. The average molecular weight is 388 g/mol. The van der Waals surface area contributed by atoms with Gasteiger partial charge in [0.1, 0.15) is 5.78 Å². The van der Waals surface area contributed by atoms with Gasteiger partial charge in [0, 0.05) is 28.8 Å². The topological polar surface area (TPSA) is 55.4 Å². The average Bonchev–Trinajstić information content (AvgIpc) is 2.51. The highest BCUT2D eigenvalue weighted by atomic mass is 35.5. The first-order valence-corrected chi connectivity index (χ1v) is 9.67. The summed E-state index contributed by atoms with van der Waals surface area (Å²) in [5.41, 5.74) is 2.59.